The molecule has 7 nitrogen and oxygen atoms in total. The molecule has 0 bridgehead atoms. The number of halogens is 3. The number of nitrogens with one attached hydrogen (secondary N) is 2. The molecule has 2 aromatic carbocycles. The number of anilines is 1. The van der Waals surface area contributed by atoms with Gasteiger partial charge in [0.1, 0.15) is 11.5 Å². The molecule has 3 aromatic rings. The second-order valence-corrected chi connectivity index (χ2v) is 8.71. The fourth-order valence-corrected chi connectivity index (χ4v) is 3.58. The third-order valence-electron chi connectivity index (χ3n) is 5.40. The average Bonchev–Trinajstić information content (AvgIpc) is 2.83. The largest absolute Gasteiger partial charge is 0.481 e. The molecule has 0 aliphatic heterocycles. The fourth-order valence-electron chi connectivity index (χ4n) is 3.58. The third-order valence-corrected chi connectivity index (χ3v) is 5.40. The van der Waals surface area contributed by atoms with E-state index in [2.05, 4.69) is 34.4 Å². The van der Waals surface area contributed by atoms with Crippen LogP contribution in [0, 0.1) is 5.92 Å². The molecule has 1 unspecified atom stereocenters. The Hall–Kier alpha value is -3.95. The van der Waals surface area contributed by atoms with Gasteiger partial charge in [0.2, 0.25) is 0 Å². The van der Waals surface area contributed by atoms with Gasteiger partial charge in [0.15, 0.2) is 0 Å². The van der Waals surface area contributed by atoms with Crippen LogP contribution >= 0.6 is 0 Å². The van der Waals surface area contributed by atoms with Crippen LogP contribution in [-0.4, -0.2) is 33.5 Å². The Kier molecular flexibility index (Phi) is 8.63. The first-order valence-corrected chi connectivity index (χ1v) is 11.4. The molecule has 3 N–H and O–H groups in total. The van der Waals surface area contributed by atoms with Crippen molar-refractivity contribution in [3.8, 4) is 11.1 Å². The maximum absolute atomic E-state index is 12.8. The second kappa shape index (κ2) is 11.7. The van der Waals surface area contributed by atoms with Crippen LogP contribution in [0.5, 0.6) is 0 Å². The Bertz CT molecular complexity index is 1160. The van der Waals surface area contributed by atoms with Gasteiger partial charge >= 0.3 is 12.1 Å². The lowest BCUT2D eigenvalue weighted by Gasteiger charge is -2.22. The number of aromatic nitrogens is 2. The van der Waals surface area contributed by atoms with E-state index in [0.717, 1.165) is 29.7 Å². The van der Waals surface area contributed by atoms with Crippen molar-refractivity contribution < 1.29 is 27.9 Å². The van der Waals surface area contributed by atoms with Gasteiger partial charge in [0.25, 0.3) is 5.91 Å². The molecule has 10 heteroatoms. The number of aliphatic carboxylic acids is 1. The van der Waals surface area contributed by atoms with Crippen LogP contribution in [0.4, 0.5) is 19.0 Å². The van der Waals surface area contributed by atoms with Gasteiger partial charge in [-0.05, 0) is 41.2 Å². The normalized spacial score (nSPS) is 12.3. The predicted octanol–water partition coefficient (Wildman–Crippen LogP) is 5.57. The van der Waals surface area contributed by atoms with Crippen molar-refractivity contribution in [1.82, 2.24) is 15.3 Å². The second-order valence-electron chi connectivity index (χ2n) is 8.71. The number of benzene rings is 2. The van der Waals surface area contributed by atoms with Crippen molar-refractivity contribution in [2.24, 2.45) is 5.92 Å². The highest BCUT2D eigenvalue weighted by Gasteiger charge is 2.30. The highest BCUT2D eigenvalue weighted by molar-refractivity contribution is 5.92. The number of carbonyl (C=O) groups excluding carboxylic acids is 1. The summed E-state index contributed by atoms with van der Waals surface area (Å²) in [6.07, 6.45) is -1.02. The summed E-state index contributed by atoms with van der Waals surface area (Å²) in [5.41, 5.74) is 1.85. The zero-order valence-corrected chi connectivity index (χ0v) is 19.8. The van der Waals surface area contributed by atoms with Gasteiger partial charge in [0, 0.05) is 6.54 Å². The van der Waals surface area contributed by atoms with Gasteiger partial charge in [-0.15, -0.1) is 0 Å². The number of rotatable bonds is 10. The molecular formula is C26H27F3N4O3. The fraction of sp³-hybridized carbons (Fsp3) is 0.308. The van der Waals surface area contributed by atoms with Crippen molar-refractivity contribution >= 4 is 17.7 Å². The molecule has 3 rings (SSSR count). The molecule has 0 radical (unpaired) electrons. The first-order chi connectivity index (χ1) is 17.0. The summed E-state index contributed by atoms with van der Waals surface area (Å²) in [4.78, 5) is 31.0. The van der Waals surface area contributed by atoms with Gasteiger partial charge in [-0.3, -0.25) is 9.59 Å². The van der Waals surface area contributed by atoms with Gasteiger partial charge in [-0.1, -0.05) is 50.2 Å². The van der Waals surface area contributed by atoms with E-state index in [1.165, 1.54) is 24.5 Å². The van der Waals surface area contributed by atoms with Crippen LogP contribution in [-0.2, 0) is 11.0 Å². The summed E-state index contributed by atoms with van der Waals surface area (Å²) in [5, 5.41) is 14.5. The van der Waals surface area contributed by atoms with Gasteiger partial charge in [-0.25, -0.2) is 9.97 Å². The molecule has 36 heavy (non-hydrogen) atoms. The molecular weight excluding hydrogens is 473 g/mol. The predicted molar refractivity (Wildman–Crippen MR) is 129 cm³/mol. The van der Waals surface area contributed by atoms with Crippen molar-refractivity contribution in [2.45, 2.75) is 38.9 Å². The van der Waals surface area contributed by atoms with Gasteiger partial charge in [0.05, 0.1) is 30.4 Å². The highest BCUT2D eigenvalue weighted by atomic mass is 19.4. The number of amides is 1. The lowest BCUT2D eigenvalue weighted by Crippen LogP contribution is -2.27. The van der Waals surface area contributed by atoms with Crippen LogP contribution < -0.4 is 10.6 Å². The molecule has 0 fully saturated rings. The zero-order chi connectivity index (χ0) is 26.3. The lowest BCUT2D eigenvalue weighted by atomic mass is 9.95. The average molecular weight is 501 g/mol. The number of hydrogen-bond acceptors (Lipinski definition) is 5. The quantitative estimate of drug-likeness (QED) is 0.336. The van der Waals surface area contributed by atoms with Crippen molar-refractivity contribution in [3.05, 3.63) is 77.7 Å². The first kappa shape index (κ1) is 26.7. The molecule has 0 saturated carbocycles. The van der Waals surface area contributed by atoms with E-state index < -0.39 is 23.6 Å². The van der Waals surface area contributed by atoms with Crippen LogP contribution in [0.15, 0.2) is 60.9 Å². The maximum atomic E-state index is 12.8. The summed E-state index contributed by atoms with van der Waals surface area (Å²) >= 11 is 0. The Morgan fingerprint density at radius 3 is 2.06 bits per heavy atom. The number of carboxylic acids is 1. The third kappa shape index (κ3) is 7.53. The van der Waals surface area contributed by atoms with E-state index in [9.17, 15) is 22.8 Å². The van der Waals surface area contributed by atoms with Crippen LogP contribution in [0.2, 0.25) is 0 Å². The SMILES string of the molecule is CC(C)CC(Nc1cnc(C(=O)NCCC(=O)O)cn1)c1ccc(-c2ccc(C(F)(F)F)cc2)cc1. The van der Waals surface area contributed by atoms with Gasteiger partial charge < -0.3 is 15.7 Å². The molecule has 0 aliphatic rings. The van der Waals surface area contributed by atoms with E-state index >= 15 is 0 Å². The van der Waals surface area contributed by atoms with E-state index in [1.54, 1.807) is 0 Å². The topological polar surface area (TPSA) is 104 Å². The summed E-state index contributed by atoms with van der Waals surface area (Å²) in [6, 6.07) is 12.5. The minimum Gasteiger partial charge on any atom is -0.481 e. The minimum absolute atomic E-state index is 0.00518. The molecule has 1 heterocycles. The summed E-state index contributed by atoms with van der Waals surface area (Å²) in [7, 11) is 0. The molecule has 0 saturated heterocycles. The van der Waals surface area contributed by atoms with Crippen molar-refractivity contribution in [2.75, 3.05) is 11.9 Å². The van der Waals surface area contributed by atoms with Crippen molar-refractivity contribution in [3.63, 3.8) is 0 Å². The zero-order valence-electron chi connectivity index (χ0n) is 19.8. The number of hydrogen-bond donors (Lipinski definition) is 3. The number of alkyl halides is 3. The van der Waals surface area contributed by atoms with E-state index in [0.29, 0.717) is 17.3 Å². The molecule has 1 atom stereocenters. The number of nitrogens with zero attached hydrogens (tertiary/aromatic N) is 2. The van der Waals surface area contributed by atoms with Crippen LogP contribution in [0.1, 0.15) is 54.3 Å². The Labute approximate surface area is 206 Å². The standard InChI is InChI=1S/C26H27F3N4O3/c1-16(2)13-21(33-23-15-31-22(14-32-23)25(36)30-12-11-24(34)35)19-5-3-17(4-6-19)18-7-9-20(10-8-18)26(27,28)29/h3-10,14-16,21H,11-13H2,1-2H3,(H,30,36)(H,32,33)(H,34,35). The summed E-state index contributed by atoms with van der Waals surface area (Å²) in [5.74, 6) is -0.698. The van der Waals surface area contributed by atoms with Crippen LogP contribution in [0.25, 0.3) is 11.1 Å². The monoisotopic (exact) mass is 500 g/mol. The first-order valence-electron chi connectivity index (χ1n) is 11.4. The number of carboxylic acid groups (broad SMARTS) is 1. The Morgan fingerprint density at radius 2 is 1.56 bits per heavy atom. The highest BCUT2D eigenvalue weighted by Crippen LogP contribution is 2.32. The van der Waals surface area contributed by atoms with E-state index in [4.69, 9.17) is 5.11 Å². The van der Waals surface area contributed by atoms with E-state index in [1.807, 2.05) is 24.3 Å². The molecule has 1 aromatic heterocycles. The van der Waals surface area contributed by atoms with Crippen molar-refractivity contribution in [1.29, 1.82) is 0 Å². The Balaban J connectivity index is 1.70. The summed E-state index contributed by atoms with van der Waals surface area (Å²) < 4.78 is 38.5. The van der Waals surface area contributed by atoms with E-state index in [-0.39, 0.29) is 24.7 Å². The van der Waals surface area contributed by atoms with Gasteiger partial charge in [-0.2, -0.15) is 13.2 Å². The molecule has 1 amide bonds. The minimum atomic E-state index is -4.37. The Morgan fingerprint density at radius 1 is 0.944 bits per heavy atom. The number of carbonyl (C=O) groups is 2. The molecule has 0 spiro atoms. The smallest absolute Gasteiger partial charge is 0.416 e. The lowest BCUT2D eigenvalue weighted by molar-refractivity contribution is -0.138. The maximum Gasteiger partial charge on any atom is 0.416 e. The van der Waals surface area contributed by atoms with Crippen LogP contribution in [0.3, 0.4) is 0 Å². The summed E-state index contributed by atoms with van der Waals surface area (Å²) in [6.45, 7) is 4.16. The molecule has 190 valence electrons. The molecule has 0 aliphatic carbocycles.